The maximum atomic E-state index is 13.6. The lowest BCUT2D eigenvalue weighted by molar-refractivity contribution is 0.102. The molecule has 6 heteroatoms. The van der Waals surface area contributed by atoms with Crippen LogP contribution in [0.5, 0.6) is 5.88 Å². The van der Waals surface area contributed by atoms with Crippen molar-refractivity contribution in [1.82, 2.24) is 9.97 Å². The molecule has 0 aliphatic heterocycles. The Balaban J connectivity index is 1.90. The molecule has 0 atom stereocenters. The molecule has 5 nitrogen and oxygen atoms in total. The van der Waals surface area contributed by atoms with Crippen LogP contribution in [0.25, 0.3) is 11.0 Å². The second-order valence-corrected chi connectivity index (χ2v) is 4.53. The summed E-state index contributed by atoms with van der Waals surface area (Å²) in [7, 11) is 1.51. The monoisotopic (exact) mass is 297 g/mol. The zero-order valence-electron chi connectivity index (χ0n) is 11.7. The lowest BCUT2D eigenvalue weighted by Gasteiger charge is -2.06. The van der Waals surface area contributed by atoms with Crippen molar-refractivity contribution in [2.45, 2.75) is 0 Å². The standard InChI is InChI=1S/C16H12FN3O2/c1-22-14-9-7-10-6-8-13(18-15(10)20-14)19-16(21)11-4-2-3-5-12(11)17/h2-9H,1H3,(H,18,19,20,21). The lowest BCUT2D eigenvalue weighted by atomic mass is 10.2. The number of benzene rings is 1. The molecule has 3 rings (SSSR count). The summed E-state index contributed by atoms with van der Waals surface area (Å²) in [6.45, 7) is 0. The number of amides is 1. The number of carbonyl (C=O) groups excluding carboxylic acids is 1. The summed E-state index contributed by atoms with van der Waals surface area (Å²) in [6, 6.07) is 12.7. The molecule has 2 aromatic heterocycles. The van der Waals surface area contributed by atoms with Crippen LogP contribution in [0, 0.1) is 5.82 Å². The number of fused-ring (bicyclic) bond motifs is 1. The molecule has 0 saturated carbocycles. The molecule has 0 spiro atoms. The van der Waals surface area contributed by atoms with Crippen molar-refractivity contribution in [3.05, 3.63) is 59.9 Å². The van der Waals surface area contributed by atoms with E-state index in [1.54, 1.807) is 24.3 Å². The number of halogens is 1. The van der Waals surface area contributed by atoms with E-state index in [1.165, 1.54) is 25.3 Å². The maximum absolute atomic E-state index is 13.6. The fourth-order valence-corrected chi connectivity index (χ4v) is 1.99. The number of hydrogen-bond donors (Lipinski definition) is 1. The summed E-state index contributed by atoms with van der Waals surface area (Å²) in [6.07, 6.45) is 0. The van der Waals surface area contributed by atoms with Gasteiger partial charge in [-0.3, -0.25) is 4.79 Å². The van der Waals surface area contributed by atoms with Crippen molar-refractivity contribution in [2.24, 2.45) is 0 Å². The highest BCUT2D eigenvalue weighted by Gasteiger charge is 2.12. The van der Waals surface area contributed by atoms with Crippen molar-refractivity contribution < 1.29 is 13.9 Å². The van der Waals surface area contributed by atoms with Crippen molar-refractivity contribution in [1.29, 1.82) is 0 Å². The van der Waals surface area contributed by atoms with E-state index in [-0.39, 0.29) is 5.56 Å². The highest BCUT2D eigenvalue weighted by atomic mass is 19.1. The van der Waals surface area contributed by atoms with Crippen LogP contribution in [-0.4, -0.2) is 23.0 Å². The fourth-order valence-electron chi connectivity index (χ4n) is 1.99. The quantitative estimate of drug-likeness (QED) is 0.807. The number of methoxy groups -OCH3 is 1. The van der Waals surface area contributed by atoms with Crippen LogP contribution in [-0.2, 0) is 0 Å². The molecule has 1 N–H and O–H groups in total. The number of anilines is 1. The van der Waals surface area contributed by atoms with Gasteiger partial charge < -0.3 is 10.1 Å². The maximum Gasteiger partial charge on any atom is 0.259 e. The van der Waals surface area contributed by atoms with Gasteiger partial charge in [-0.15, -0.1) is 0 Å². The molecule has 1 aromatic carbocycles. The van der Waals surface area contributed by atoms with Crippen LogP contribution in [0.3, 0.4) is 0 Å². The first-order valence-electron chi connectivity index (χ1n) is 6.55. The van der Waals surface area contributed by atoms with Gasteiger partial charge in [-0.2, -0.15) is 4.98 Å². The number of rotatable bonds is 3. The van der Waals surface area contributed by atoms with Gasteiger partial charge in [0.2, 0.25) is 5.88 Å². The van der Waals surface area contributed by atoms with E-state index in [2.05, 4.69) is 15.3 Å². The molecule has 0 bridgehead atoms. The Morgan fingerprint density at radius 2 is 1.86 bits per heavy atom. The van der Waals surface area contributed by atoms with Crippen molar-refractivity contribution in [3.63, 3.8) is 0 Å². The number of nitrogens with one attached hydrogen (secondary N) is 1. The predicted octanol–water partition coefficient (Wildman–Crippen LogP) is 3.03. The van der Waals surface area contributed by atoms with Gasteiger partial charge in [0.25, 0.3) is 5.91 Å². The molecule has 22 heavy (non-hydrogen) atoms. The summed E-state index contributed by atoms with van der Waals surface area (Å²) in [4.78, 5) is 20.5. The first-order chi connectivity index (χ1) is 10.7. The van der Waals surface area contributed by atoms with Crippen LogP contribution in [0.15, 0.2) is 48.5 Å². The van der Waals surface area contributed by atoms with Gasteiger partial charge in [0.05, 0.1) is 12.7 Å². The molecule has 0 fully saturated rings. The molecular formula is C16H12FN3O2. The summed E-state index contributed by atoms with van der Waals surface area (Å²) in [5.74, 6) is -0.424. The predicted molar refractivity (Wildman–Crippen MR) is 80.4 cm³/mol. The molecular weight excluding hydrogens is 285 g/mol. The van der Waals surface area contributed by atoms with Crippen LogP contribution in [0.1, 0.15) is 10.4 Å². The van der Waals surface area contributed by atoms with E-state index in [0.29, 0.717) is 17.3 Å². The molecule has 0 unspecified atom stereocenters. The topological polar surface area (TPSA) is 64.1 Å². The number of nitrogens with zero attached hydrogens (tertiary/aromatic N) is 2. The number of hydrogen-bond acceptors (Lipinski definition) is 4. The van der Waals surface area contributed by atoms with Gasteiger partial charge in [-0.05, 0) is 30.3 Å². The third-order valence-electron chi connectivity index (χ3n) is 3.10. The fraction of sp³-hybridized carbons (Fsp3) is 0.0625. The number of carbonyl (C=O) groups is 1. The van der Waals surface area contributed by atoms with E-state index in [9.17, 15) is 9.18 Å². The molecule has 110 valence electrons. The van der Waals surface area contributed by atoms with E-state index in [1.807, 2.05) is 6.07 Å². The number of pyridine rings is 2. The van der Waals surface area contributed by atoms with Gasteiger partial charge >= 0.3 is 0 Å². The Morgan fingerprint density at radius 1 is 1.09 bits per heavy atom. The number of aromatic nitrogens is 2. The van der Waals surface area contributed by atoms with E-state index >= 15 is 0 Å². The van der Waals surface area contributed by atoms with E-state index < -0.39 is 11.7 Å². The smallest absolute Gasteiger partial charge is 0.259 e. The van der Waals surface area contributed by atoms with E-state index in [0.717, 1.165) is 5.39 Å². The van der Waals surface area contributed by atoms with Crippen molar-refractivity contribution in [2.75, 3.05) is 12.4 Å². The minimum Gasteiger partial charge on any atom is -0.481 e. The molecule has 0 aliphatic rings. The van der Waals surface area contributed by atoms with Crippen molar-refractivity contribution >= 4 is 22.8 Å². The first-order valence-corrected chi connectivity index (χ1v) is 6.55. The SMILES string of the molecule is COc1ccc2ccc(NC(=O)c3ccccc3F)nc2n1. The molecule has 0 aliphatic carbocycles. The highest BCUT2D eigenvalue weighted by Crippen LogP contribution is 2.18. The summed E-state index contributed by atoms with van der Waals surface area (Å²) in [5, 5.41) is 3.37. The molecule has 1 amide bonds. The third-order valence-corrected chi connectivity index (χ3v) is 3.10. The molecule has 0 saturated heterocycles. The molecule has 0 radical (unpaired) electrons. The zero-order valence-corrected chi connectivity index (χ0v) is 11.7. The van der Waals surface area contributed by atoms with Crippen LogP contribution >= 0.6 is 0 Å². The Hall–Kier alpha value is -3.02. The zero-order chi connectivity index (χ0) is 15.5. The summed E-state index contributed by atoms with van der Waals surface area (Å²) in [5.41, 5.74) is 0.397. The summed E-state index contributed by atoms with van der Waals surface area (Å²) < 4.78 is 18.6. The second kappa shape index (κ2) is 5.77. The molecule has 2 heterocycles. The average Bonchev–Trinajstić information content (AvgIpc) is 2.54. The Labute approximate surface area is 125 Å². The Morgan fingerprint density at radius 3 is 2.64 bits per heavy atom. The Kier molecular flexibility index (Phi) is 3.65. The number of ether oxygens (including phenoxy) is 1. The van der Waals surface area contributed by atoms with Gasteiger partial charge in [-0.1, -0.05) is 12.1 Å². The minimum absolute atomic E-state index is 0.0389. The molecule has 3 aromatic rings. The normalized spacial score (nSPS) is 10.5. The largest absolute Gasteiger partial charge is 0.481 e. The Bertz CT molecular complexity index is 852. The summed E-state index contributed by atoms with van der Waals surface area (Å²) >= 11 is 0. The highest BCUT2D eigenvalue weighted by molar-refractivity contribution is 6.04. The lowest BCUT2D eigenvalue weighted by Crippen LogP contribution is -2.14. The van der Waals surface area contributed by atoms with Gasteiger partial charge in [0, 0.05) is 11.5 Å². The van der Waals surface area contributed by atoms with Crippen LogP contribution in [0.4, 0.5) is 10.2 Å². The average molecular weight is 297 g/mol. The van der Waals surface area contributed by atoms with Crippen LogP contribution < -0.4 is 10.1 Å². The van der Waals surface area contributed by atoms with Crippen molar-refractivity contribution in [3.8, 4) is 5.88 Å². The second-order valence-electron chi connectivity index (χ2n) is 4.53. The van der Waals surface area contributed by atoms with Crippen LogP contribution in [0.2, 0.25) is 0 Å². The van der Waals surface area contributed by atoms with E-state index in [4.69, 9.17) is 4.74 Å². The first kappa shape index (κ1) is 13.9. The van der Waals surface area contributed by atoms with Gasteiger partial charge in [0.1, 0.15) is 11.6 Å². The third kappa shape index (κ3) is 2.71. The minimum atomic E-state index is -0.583. The van der Waals surface area contributed by atoms with Gasteiger partial charge in [0.15, 0.2) is 5.65 Å². The van der Waals surface area contributed by atoms with Gasteiger partial charge in [-0.25, -0.2) is 9.37 Å².